The zero-order chi connectivity index (χ0) is 30.6. The molecule has 0 bridgehead atoms. The highest BCUT2D eigenvalue weighted by molar-refractivity contribution is 7.97. The van der Waals surface area contributed by atoms with Gasteiger partial charge in [0, 0.05) is 58.6 Å². The molecule has 4 aromatic carbocycles. The largest absolute Gasteiger partial charge is 0.416 e. The van der Waals surface area contributed by atoms with Gasteiger partial charge in [0.2, 0.25) is 0 Å². The third-order valence-electron chi connectivity index (χ3n) is 6.89. The van der Waals surface area contributed by atoms with Crippen LogP contribution in [0.3, 0.4) is 0 Å². The predicted octanol–water partition coefficient (Wildman–Crippen LogP) is 7.23. The first-order chi connectivity index (χ1) is 20.6. The average Bonchev–Trinajstić information content (AvgIpc) is 3.01. The van der Waals surface area contributed by atoms with Gasteiger partial charge in [-0.1, -0.05) is 41.9 Å². The topological polar surface area (TPSA) is 84.9 Å². The van der Waals surface area contributed by atoms with Crippen LogP contribution in [-0.4, -0.2) is 47.5 Å². The highest BCUT2D eigenvalue weighted by atomic mass is 35.5. The van der Waals surface area contributed by atoms with Gasteiger partial charge in [0.1, 0.15) is 0 Å². The Balaban J connectivity index is 1.18. The molecule has 1 fully saturated rings. The number of amides is 2. The van der Waals surface area contributed by atoms with Crippen molar-refractivity contribution in [1.82, 2.24) is 9.79 Å². The fourth-order valence-electron chi connectivity index (χ4n) is 4.70. The van der Waals surface area contributed by atoms with Gasteiger partial charge in [0.15, 0.2) is 0 Å². The molecule has 0 atom stereocenters. The van der Waals surface area contributed by atoms with E-state index in [4.69, 9.17) is 16.8 Å². The van der Waals surface area contributed by atoms with Crippen molar-refractivity contribution in [1.29, 1.82) is 0 Å². The Bertz CT molecular complexity index is 1610. The summed E-state index contributed by atoms with van der Waals surface area (Å²) in [5, 5.41) is 11.8. The summed E-state index contributed by atoms with van der Waals surface area (Å²) in [6.07, 6.45) is -4.46. The van der Waals surface area contributed by atoms with Crippen molar-refractivity contribution in [2.45, 2.75) is 11.1 Å². The Labute approximate surface area is 255 Å². The normalized spacial score (nSPS) is 13.9. The van der Waals surface area contributed by atoms with Gasteiger partial charge in [-0.15, -0.1) is 0 Å². The van der Waals surface area contributed by atoms with Gasteiger partial charge in [-0.3, -0.25) is 14.8 Å². The number of hydroxylamine groups is 1. The van der Waals surface area contributed by atoms with Crippen LogP contribution in [0.5, 0.6) is 0 Å². The molecule has 7 nitrogen and oxygen atoms in total. The van der Waals surface area contributed by atoms with Gasteiger partial charge >= 0.3 is 6.18 Å². The molecule has 12 heteroatoms. The Morgan fingerprint density at radius 2 is 1.51 bits per heavy atom. The van der Waals surface area contributed by atoms with Crippen molar-refractivity contribution in [2.75, 3.05) is 36.4 Å². The van der Waals surface area contributed by atoms with Crippen LogP contribution in [0, 0.1) is 0 Å². The summed E-state index contributed by atoms with van der Waals surface area (Å²) in [5.74, 6) is -0.916. The first-order valence-electron chi connectivity index (χ1n) is 13.2. The van der Waals surface area contributed by atoms with Gasteiger partial charge in [0.25, 0.3) is 11.8 Å². The number of nitrogens with zero attached hydrogens (tertiary/aromatic N) is 2. The number of rotatable bonds is 7. The standard InChI is InChI=1S/C31H26ClF3N4O3S/c32-23-17-22(31(33,34)35)18-25(19-23)38-13-15-39(16-14-38)43-26-11-9-24(10-12-26)36-30(41)28-4-2-1-3-27(28)20-5-7-21(8-6-20)29(40)37-42/h1-12,17-19,42H,13-16H2,(H,36,41)(H,37,40). The summed E-state index contributed by atoms with van der Waals surface area (Å²) < 4.78 is 41.8. The summed E-state index contributed by atoms with van der Waals surface area (Å²) in [6, 6.07) is 24.7. The number of benzene rings is 4. The van der Waals surface area contributed by atoms with Crippen molar-refractivity contribution in [3.63, 3.8) is 0 Å². The first kappa shape index (κ1) is 30.4. The lowest BCUT2D eigenvalue weighted by atomic mass is 9.98. The van der Waals surface area contributed by atoms with Crippen molar-refractivity contribution in [2.24, 2.45) is 0 Å². The highest BCUT2D eigenvalue weighted by Gasteiger charge is 2.32. The van der Waals surface area contributed by atoms with Crippen LogP contribution < -0.4 is 15.7 Å². The van der Waals surface area contributed by atoms with Crippen LogP contribution >= 0.6 is 23.5 Å². The summed E-state index contributed by atoms with van der Waals surface area (Å²) >= 11 is 7.50. The fraction of sp³-hybridized carbons (Fsp3) is 0.161. The van der Waals surface area contributed by atoms with Gasteiger partial charge in [-0.05, 0) is 83.7 Å². The van der Waals surface area contributed by atoms with Crippen molar-refractivity contribution in [3.8, 4) is 11.1 Å². The van der Waals surface area contributed by atoms with Crippen LogP contribution in [-0.2, 0) is 6.18 Å². The van der Waals surface area contributed by atoms with Crippen LogP contribution in [0.25, 0.3) is 11.1 Å². The average molecular weight is 627 g/mol. The van der Waals surface area contributed by atoms with E-state index in [-0.39, 0.29) is 16.5 Å². The molecule has 222 valence electrons. The Kier molecular flexibility index (Phi) is 9.26. The van der Waals surface area contributed by atoms with E-state index in [1.54, 1.807) is 59.9 Å². The Morgan fingerprint density at radius 1 is 0.837 bits per heavy atom. The third kappa shape index (κ3) is 7.49. The number of hydrogen-bond donors (Lipinski definition) is 3. The minimum Gasteiger partial charge on any atom is -0.369 e. The Hall–Kier alpha value is -4.03. The quantitative estimate of drug-likeness (QED) is 0.114. The van der Waals surface area contributed by atoms with Gasteiger partial charge < -0.3 is 10.2 Å². The number of carbonyl (C=O) groups excluding carboxylic acids is 2. The zero-order valence-electron chi connectivity index (χ0n) is 22.6. The zero-order valence-corrected chi connectivity index (χ0v) is 24.1. The number of nitrogens with one attached hydrogen (secondary N) is 2. The van der Waals surface area contributed by atoms with E-state index in [0.29, 0.717) is 48.7 Å². The molecule has 5 rings (SSSR count). The fourth-order valence-corrected chi connectivity index (χ4v) is 5.83. The van der Waals surface area contributed by atoms with Crippen LogP contribution in [0.4, 0.5) is 24.5 Å². The number of alkyl halides is 3. The second-order valence-corrected chi connectivity index (χ2v) is 11.4. The van der Waals surface area contributed by atoms with E-state index in [1.165, 1.54) is 0 Å². The van der Waals surface area contributed by atoms with Gasteiger partial charge in [-0.2, -0.15) is 13.2 Å². The molecule has 4 aromatic rings. The number of carbonyl (C=O) groups is 2. The molecule has 0 saturated carbocycles. The van der Waals surface area contributed by atoms with Crippen LogP contribution in [0.15, 0.2) is 95.9 Å². The maximum absolute atomic E-state index is 13.2. The first-order valence-corrected chi connectivity index (χ1v) is 14.4. The molecule has 1 aliphatic heterocycles. The Morgan fingerprint density at radius 3 is 2.16 bits per heavy atom. The third-order valence-corrected chi connectivity index (χ3v) is 8.22. The number of piperazine rings is 1. The van der Waals surface area contributed by atoms with Gasteiger partial charge in [-0.25, -0.2) is 9.79 Å². The smallest absolute Gasteiger partial charge is 0.369 e. The molecule has 0 radical (unpaired) electrons. The summed E-state index contributed by atoms with van der Waals surface area (Å²) in [6.45, 7) is 2.38. The van der Waals surface area contributed by atoms with E-state index in [0.717, 1.165) is 22.6 Å². The van der Waals surface area contributed by atoms with Crippen molar-refractivity contribution >= 4 is 46.7 Å². The molecule has 3 N–H and O–H groups in total. The minimum absolute atomic E-state index is 0.0562. The second kappa shape index (κ2) is 13.1. The maximum Gasteiger partial charge on any atom is 0.416 e. The summed E-state index contributed by atoms with van der Waals surface area (Å²) in [5.41, 5.74) is 4.08. The molecule has 0 aliphatic carbocycles. The molecule has 1 aliphatic rings. The van der Waals surface area contributed by atoms with E-state index < -0.39 is 17.6 Å². The molecule has 0 spiro atoms. The van der Waals surface area contributed by atoms with E-state index in [2.05, 4.69) is 9.62 Å². The summed E-state index contributed by atoms with van der Waals surface area (Å²) in [7, 11) is 0. The van der Waals surface area contributed by atoms with Crippen molar-refractivity contribution in [3.05, 3.63) is 113 Å². The van der Waals surface area contributed by atoms with E-state index >= 15 is 0 Å². The molecule has 43 heavy (non-hydrogen) atoms. The maximum atomic E-state index is 13.2. The molecular weight excluding hydrogens is 601 g/mol. The van der Waals surface area contributed by atoms with E-state index in [1.807, 2.05) is 41.3 Å². The predicted molar refractivity (Wildman–Crippen MR) is 162 cm³/mol. The minimum atomic E-state index is -4.46. The number of halogens is 4. The number of hydrogen-bond acceptors (Lipinski definition) is 6. The molecular formula is C31H26ClF3N4O3S. The highest BCUT2D eigenvalue weighted by Crippen LogP contribution is 2.35. The monoisotopic (exact) mass is 626 g/mol. The van der Waals surface area contributed by atoms with Crippen molar-refractivity contribution < 1.29 is 28.0 Å². The summed E-state index contributed by atoms with van der Waals surface area (Å²) in [4.78, 5) is 27.7. The van der Waals surface area contributed by atoms with E-state index in [9.17, 15) is 22.8 Å². The van der Waals surface area contributed by atoms with Gasteiger partial charge in [0.05, 0.1) is 5.56 Å². The molecule has 1 saturated heterocycles. The van der Waals surface area contributed by atoms with Crippen LogP contribution in [0.2, 0.25) is 5.02 Å². The lowest BCUT2D eigenvalue weighted by Gasteiger charge is -2.35. The lowest BCUT2D eigenvalue weighted by Crippen LogP contribution is -2.43. The molecule has 0 aromatic heterocycles. The lowest BCUT2D eigenvalue weighted by molar-refractivity contribution is -0.137. The SMILES string of the molecule is O=C(NO)c1ccc(-c2ccccc2C(=O)Nc2ccc(SN3CCN(c4cc(Cl)cc(C(F)(F)F)c4)CC3)cc2)cc1. The molecule has 2 amide bonds. The second-order valence-electron chi connectivity index (χ2n) is 9.75. The molecule has 0 unspecified atom stereocenters. The van der Waals surface area contributed by atoms with Crippen LogP contribution in [0.1, 0.15) is 26.3 Å². The molecule has 1 heterocycles. The number of anilines is 2.